The van der Waals surface area contributed by atoms with Crippen LogP contribution in [0.1, 0.15) is 28.9 Å². The van der Waals surface area contributed by atoms with Gasteiger partial charge in [0.15, 0.2) is 5.78 Å². The minimum Gasteiger partial charge on any atom is -0.359 e. The summed E-state index contributed by atoms with van der Waals surface area (Å²) in [4.78, 5) is 14.1. The van der Waals surface area contributed by atoms with Crippen LogP contribution in [0.15, 0.2) is 12.3 Å². The van der Waals surface area contributed by atoms with Crippen molar-refractivity contribution in [3.63, 3.8) is 0 Å². The van der Waals surface area contributed by atoms with Crippen molar-refractivity contribution < 1.29 is 4.79 Å². The molecule has 1 aromatic rings. The van der Waals surface area contributed by atoms with E-state index in [9.17, 15) is 4.79 Å². The summed E-state index contributed by atoms with van der Waals surface area (Å²) < 4.78 is 0. The SMILES string of the molecule is O=C1CCCc2cc[nH]c21. The van der Waals surface area contributed by atoms with Crippen molar-refractivity contribution in [3.05, 3.63) is 23.5 Å². The zero-order valence-electron chi connectivity index (χ0n) is 5.68. The summed E-state index contributed by atoms with van der Waals surface area (Å²) in [7, 11) is 0. The van der Waals surface area contributed by atoms with Gasteiger partial charge in [0.2, 0.25) is 0 Å². The van der Waals surface area contributed by atoms with Crippen LogP contribution < -0.4 is 0 Å². The van der Waals surface area contributed by atoms with E-state index in [4.69, 9.17) is 0 Å². The first-order valence-electron chi connectivity index (χ1n) is 3.57. The number of hydrogen-bond acceptors (Lipinski definition) is 1. The van der Waals surface area contributed by atoms with Crippen molar-refractivity contribution in [1.29, 1.82) is 0 Å². The number of aryl methyl sites for hydroxylation is 1. The van der Waals surface area contributed by atoms with Gasteiger partial charge in [-0.15, -0.1) is 0 Å². The Bertz CT molecular complexity index is 262. The number of nitrogens with one attached hydrogen (secondary N) is 1. The van der Waals surface area contributed by atoms with Gasteiger partial charge in [0, 0.05) is 12.6 Å². The summed E-state index contributed by atoms with van der Waals surface area (Å²) >= 11 is 0. The lowest BCUT2D eigenvalue weighted by molar-refractivity contribution is 0.0968. The van der Waals surface area contributed by atoms with Crippen LogP contribution in [0.4, 0.5) is 0 Å². The fraction of sp³-hybridized carbons (Fsp3) is 0.375. The largest absolute Gasteiger partial charge is 0.359 e. The molecular weight excluding hydrogens is 126 g/mol. The van der Waals surface area contributed by atoms with Crippen LogP contribution in [-0.4, -0.2) is 10.8 Å². The molecule has 0 aromatic carbocycles. The third-order valence-corrected chi connectivity index (χ3v) is 1.96. The Morgan fingerprint density at radius 3 is 3.10 bits per heavy atom. The van der Waals surface area contributed by atoms with E-state index in [1.807, 2.05) is 12.3 Å². The van der Waals surface area contributed by atoms with Gasteiger partial charge < -0.3 is 4.98 Å². The lowest BCUT2D eigenvalue weighted by atomic mass is 9.97. The van der Waals surface area contributed by atoms with E-state index in [-0.39, 0.29) is 5.78 Å². The highest BCUT2D eigenvalue weighted by atomic mass is 16.1. The average Bonchev–Trinajstić information content (AvgIpc) is 2.36. The minimum atomic E-state index is 0.270. The predicted molar refractivity (Wildman–Crippen MR) is 38.1 cm³/mol. The summed E-state index contributed by atoms with van der Waals surface area (Å²) in [5.41, 5.74) is 2.03. The number of rotatable bonds is 0. The second kappa shape index (κ2) is 1.97. The molecule has 0 radical (unpaired) electrons. The molecule has 2 rings (SSSR count). The van der Waals surface area contributed by atoms with Gasteiger partial charge in [0.05, 0.1) is 5.69 Å². The summed E-state index contributed by atoms with van der Waals surface area (Å²) in [5.74, 6) is 0.270. The van der Waals surface area contributed by atoms with Crippen molar-refractivity contribution in [2.24, 2.45) is 0 Å². The van der Waals surface area contributed by atoms with Gasteiger partial charge >= 0.3 is 0 Å². The first kappa shape index (κ1) is 5.71. The molecule has 0 atom stereocenters. The molecule has 0 aliphatic heterocycles. The van der Waals surface area contributed by atoms with Gasteiger partial charge in [-0.25, -0.2) is 0 Å². The van der Waals surface area contributed by atoms with Gasteiger partial charge in [0.25, 0.3) is 0 Å². The molecule has 1 aliphatic rings. The van der Waals surface area contributed by atoms with Gasteiger partial charge in [-0.3, -0.25) is 4.79 Å². The Kier molecular flexibility index (Phi) is 1.13. The third-order valence-electron chi connectivity index (χ3n) is 1.96. The average molecular weight is 135 g/mol. The zero-order valence-corrected chi connectivity index (χ0v) is 5.68. The van der Waals surface area contributed by atoms with Crippen molar-refractivity contribution >= 4 is 5.78 Å². The van der Waals surface area contributed by atoms with Crippen LogP contribution in [0.2, 0.25) is 0 Å². The Morgan fingerprint density at radius 2 is 2.30 bits per heavy atom. The lowest BCUT2D eigenvalue weighted by Gasteiger charge is -2.08. The molecule has 0 fully saturated rings. The standard InChI is InChI=1S/C8H9NO/c10-7-3-1-2-6-4-5-9-8(6)7/h4-5,9H,1-3H2. The van der Waals surface area contributed by atoms with Crippen LogP contribution in [0.5, 0.6) is 0 Å². The molecule has 1 aromatic heterocycles. The van der Waals surface area contributed by atoms with Crippen molar-refractivity contribution in [2.75, 3.05) is 0 Å². The van der Waals surface area contributed by atoms with Crippen LogP contribution in [-0.2, 0) is 6.42 Å². The minimum absolute atomic E-state index is 0.270. The summed E-state index contributed by atoms with van der Waals surface area (Å²) in [6.07, 6.45) is 4.63. The van der Waals surface area contributed by atoms with Crippen LogP contribution in [0.3, 0.4) is 0 Å². The topological polar surface area (TPSA) is 32.9 Å². The molecule has 10 heavy (non-hydrogen) atoms. The van der Waals surface area contributed by atoms with E-state index >= 15 is 0 Å². The Balaban J connectivity index is 2.50. The lowest BCUT2D eigenvalue weighted by Crippen LogP contribution is -2.09. The fourth-order valence-electron chi connectivity index (χ4n) is 1.43. The Labute approximate surface area is 59.3 Å². The number of carbonyl (C=O) groups excluding carboxylic acids is 1. The Morgan fingerprint density at radius 1 is 1.40 bits per heavy atom. The normalized spacial score (nSPS) is 17.0. The molecule has 2 heteroatoms. The first-order valence-corrected chi connectivity index (χ1v) is 3.57. The van der Waals surface area contributed by atoms with Gasteiger partial charge in [-0.2, -0.15) is 0 Å². The van der Waals surface area contributed by atoms with E-state index in [1.54, 1.807) is 0 Å². The van der Waals surface area contributed by atoms with Gasteiger partial charge in [0.1, 0.15) is 0 Å². The predicted octanol–water partition coefficient (Wildman–Crippen LogP) is 1.53. The number of ketones is 1. The molecule has 0 saturated carbocycles. The maximum absolute atomic E-state index is 11.1. The van der Waals surface area contributed by atoms with E-state index in [1.165, 1.54) is 5.56 Å². The second-order valence-electron chi connectivity index (χ2n) is 2.65. The highest BCUT2D eigenvalue weighted by Gasteiger charge is 2.16. The Hall–Kier alpha value is -1.05. The van der Waals surface area contributed by atoms with Gasteiger partial charge in [-0.1, -0.05) is 0 Å². The molecule has 1 heterocycles. The van der Waals surface area contributed by atoms with Crippen molar-refractivity contribution in [3.8, 4) is 0 Å². The number of H-pyrrole nitrogens is 1. The number of hydrogen-bond donors (Lipinski definition) is 1. The van der Waals surface area contributed by atoms with E-state index in [2.05, 4.69) is 4.98 Å². The molecule has 0 bridgehead atoms. The second-order valence-corrected chi connectivity index (χ2v) is 2.65. The highest BCUT2D eigenvalue weighted by molar-refractivity contribution is 5.96. The molecule has 1 aliphatic carbocycles. The third kappa shape index (κ3) is 0.685. The summed E-state index contributed by atoms with van der Waals surface area (Å²) in [6, 6.07) is 1.99. The van der Waals surface area contributed by atoms with E-state index < -0.39 is 0 Å². The van der Waals surface area contributed by atoms with Crippen molar-refractivity contribution in [1.82, 2.24) is 4.98 Å². The fourth-order valence-corrected chi connectivity index (χ4v) is 1.43. The number of Topliss-reactive ketones (excluding diaryl/α,β-unsaturated/α-hetero) is 1. The van der Waals surface area contributed by atoms with Crippen molar-refractivity contribution in [2.45, 2.75) is 19.3 Å². The highest BCUT2D eigenvalue weighted by Crippen LogP contribution is 2.18. The molecule has 0 unspecified atom stereocenters. The molecule has 0 spiro atoms. The van der Waals surface area contributed by atoms with Gasteiger partial charge in [-0.05, 0) is 24.5 Å². The summed E-state index contributed by atoms with van der Waals surface area (Å²) in [6.45, 7) is 0. The quantitative estimate of drug-likeness (QED) is 0.575. The number of aromatic amines is 1. The molecule has 52 valence electrons. The van der Waals surface area contributed by atoms with E-state index in [0.717, 1.165) is 18.5 Å². The molecular formula is C8H9NO. The maximum Gasteiger partial charge on any atom is 0.179 e. The molecule has 0 amide bonds. The van der Waals surface area contributed by atoms with Crippen LogP contribution >= 0.6 is 0 Å². The number of carbonyl (C=O) groups is 1. The summed E-state index contributed by atoms with van der Waals surface area (Å²) in [5, 5.41) is 0. The molecule has 2 nitrogen and oxygen atoms in total. The maximum atomic E-state index is 11.1. The molecule has 1 N–H and O–H groups in total. The molecule has 0 saturated heterocycles. The first-order chi connectivity index (χ1) is 4.88. The van der Waals surface area contributed by atoms with E-state index in [0.29, 0.717) is 6.42 Å². The van der Waals surface area contributed by atoms with Crippen LogP contribution in [0, 0.1) is 0 Å². The smallest absolute Gasteiger partial charge is 0.179 e. The van der Waals surface area contributed by atoms with Crippen LogP contribution in [0.25, 0.3) is 0 Å². The zero-order chi connectivity index (χ0) is 6.97. The monoisotopic (exact) mass is 135 g/mol. The number of aromatic nitrogens is 1. The number of fused-ring (bicyclic) bond motifs is 1.